The van der Waals surface area contributed by atoms with Gasteiger partial charge in [-0.1, -0.05) is 12.1 Å². The third-order valence-electron chi connectivity index (χ3n) is 5.88. The Morgan fingerprint density at radius 3 is 2.68 bits per heavy atom. The molecule has 28 heavy (non-hydrogen) atoms. The van der Waals surface area contributed by atoms with Crippen molar-refractivity contribution in [2.75, 3.05) is 13.2 Å². The number of para-hydroxylation sites is 2. The first kappa shape index (κ1) is 17.6. The fourth-order valence-electron chi connectivity index (χ4n) is 4.26. The first-order valence-corrected chi connectivity index (χ1v) is 9.71. The van der Waals surface area contributed by atoms with Crippen molar-refractivity contribution in [2.45, 2.75) is 43.9 Å². The Morgan fingerprint density at radius 1 is 1.21 bits per heavy atom. The van der Waals surface area contributed by atoms with Crippen molar-refractivity contribution in [2.24, 2.45) is 5.92 Å². The van der Waals surface area contributed by atoms with Crippen LogP contribution >= 0.6 is 0 Å². The molecule has 2 N–H and O–H groups in total. The SMILES string of the molecule is Oc1c(CC2CCOCC2)c(C2CC(F)(F)C2)nn1-c1nc2ccccc2[nH]1. The predicted molar refractivity (Wildman–Crippen MR) is 99.0 cm³/mol. The van der Waals surface area contributed by atoms with Crippen LogP contribution in [0.5, 0.6) is 5.88 Å². The number of imidazole rings is 1. The number of alkyl halides is 2. The lowest BCUT2D eigenvalue weighted by Crippen LogP contribution is -2.34. The number of fused-ring (bicyclic) bond motifs is 1. The summed E-state index contributed by atoms with van der Waals surface area (Å²) in [5.74, 6) is -2.23. The number of rotatable bonds is 4. The second-order valence-corrected chi connectivity index (χ2v) is 7.90. The van der Waals surface area contributed by atoms with E-state index in [0.717, 1.165) is 23.9 Å². The number of hydrogen-bond acceptors (Lipinski definition) is 4. The molecular weight excluding hydrogens is 366 g/mol. The molecule has 0 atom stereocenters. The molecule has 2 aliphatic rings. The van der Waals surface area contributed by atoms with Gasteiger partial charge >= 0.3 is 0 Å². The number of halogens is 2. The number of nitrogens with zero attached hydrogens (tertiary/aromatic N) is 3. The molecule has 6 nitrogen and oxygen atoms in total. The second-order valence-electron chi connectivity index (χ2n) is 7.90. The van der Waals surface area contributed by atoms with Crippen LogP contribution < -0.4 is 0 Å². The van der Waals surface area contributed by atoms with E-state index in [2.05, 4.69) is 15.1 Å². The van der Waals surface area contributed by atoms with Crippen LogP contribution in [0.15, 0.2) is 24.3 Å². The molecule has 3 aromatic rings. The summed E-state index contributed by atoms with van der Waals surface area (Å²) in [6.45, 7) is 1.39. The standard InChI is InChI=1S/C20H22F2N4O2/c21-20(22)10-13(11-20)17-14(9-12-5-7-28-8-6-12)18(27)26(25-17)19-23-15-3-1-2-4-16(15)24-19/h1-4,12-13,27H,5-11H2,(H,23,24). The number of H-pyrrole nitrogens is 1. The number of nitrogens with one attached hydrogen (secondary N) is 1. The zero-order valence-corrected chi connectivity index (χ0v) is 15.4. The lowest BCUT2D eigenvalue weighted by atomic mass is 9.77. The van der Waals surface area contributed by atoms with Crippen molar-refractivity contribution in [1.29, 1.82) is 0 Å². The summed E-state index contributed by atoms with van der Waals surface area (Å²) < 4.78 is 33.8. The minimum atomic E-state index is -2.64. The van der Waals surface area contributed by atoms with E-state index in [1.807, 2.05) is 24.3 Å². The van der Waals surface area contributed by atoms with E-state index in [-0.39, 0.29) is 24.6 Å². The van der Waals surface area contributed by atoms with E-state index >= 15 is 0 Å². The van der Waals surface area contributed by atoms with Crippen LogP contribution in [-0.2, 0) is 11.2 Å². The maximum Gasteiger partial charge on any atom is 0.249 e. The molecule has 8 heteroatoms. The molecule has 0 amide bonds. The van der Waals surface area contributed by atoms with Gasteiger partial charge in [0.05, 0.1) is 16.7 Å². The molecule has 1 saturated heterocycles. The smallest absolute Gasteiger partial charge is 0.249 e. The van der Waals surface area contributed by atoms with Gasteiger partial charge < -0.3 is 14.8 Å². The first-order chi connectivity index (χ1) is 13.5. The van der Waals surface area contributed by atoms with Crippen molar-refractivity contribution in [3.05, 3.63) is 35.5 Å². The Hall–Kier alpha value is -2.48. The van der Waals surface area contributed by atoms with Gasteiger partial charge in [0.1, 0.15) is 0 Å². The summed E-state index contributed by atoms with van der Waals surface area (Å²) in [4.78, 5) is 7.64. The fourth-order valence-corrected chi connectivity index (χ4v) is 4.26. The summed E-state index contributed by atoms with van der Waals surface area (Å²) in [6.07, 6.45) is 1.98. The molecule has 1 aromatic carbocycles. The number of aromatic amines is 1. The quantitative estimate of drug-likeness (QED) is 0.710. The van der Waals surface area contributed by atoms with Gasteiger partial charge in [0, 0.05) is 37.5 Å². The van der Waals surface area contributed by atoms with E-state index in [4.69, 9.17) is 4.74 Å². The van der Waals surface area contributed by atoms with Gasteiger partial charge in [-0.05, 0) is 37.3 Å². The Morgan fingerprint density at radius 2 is 1.96 bits per heavy atom. The lowest BCUT2D eigenvalue weighted by Gasteiger charge is -2.34. The zero-order valence-electron chi connectivity index (χ0n) is 15.4. The van der Waals surface area contributed by atoms with Gasteiger partial charge in [0.2, 0.25) is 17.8 Å². The van der Waals surface area contributed by atoms with E-state index in [1.165, 1.54) is 4.68 Å². The van der Waals surface area contributed by atoms with E-state index in [9.17, 15) is 13.9 Å². The van der Waals surface area contributed by atoms with Crippen molar-refractivity contribution in [1.82, 2.24) is 19.7 Å². The number of benzene rings is 1. The Bertz CT molecular complexity index is 966. The van der Waals surface area contributed by atoms with Crippen LogP contribution in [0.4, 0.5) is 8.78 Å². The van der Waals surface area contributed by atoms with Crippen molar-refractivity contribution in [3.8, 4) is 11.8 Å². The highest BCUT2D eigenvalue weighted by Gasteiger charge is 2.48. The number of hydrogen-bond donors (Lipinski definition) is 2. The maximum absolute atomic E-state index is 13.5. The normalized spacial score (nSPS) is 20.5. The summed E-state index contributed by atoms with van der Waals surface area (Å²) in [5, 5.41) is 15.5. The van der Waals surface area contributed by atoms with E-state index < -0.39 is 5.92 Å². The van der Waals surface area contributed by atoms with Gasteiger partial charge in [-0.25, -0.2) is 13.8 Å². The largest absolute Gasteiger partial charge is 0.493 e. The molecule has 2 aromatic heterocycles. The molecule has 1 saturated carbocycles. The van der Waals surface area contributed by atoms with Crippen LogP contribution in [0.3, 0.4) is 0 Å². The van der Waals surface area contributed by atoms with Crippen LogP contribution in [0, 0.1) is 5.92 Å². The summed E-state index contributed by atoms with van der Waals surface area (Å²) in [7, 11) is 0. The molecule has 0 spiro atoms. The average molecular weight is 388 g/mol. The van der Waals surface area contributed by atoms with Crippen LogP contribution in [-0.4, -0.2) is 44.0 Å². The maximum atomic E-state index is 13.5. The van der Waals surface area contributed by atoms with Gasteiger partial charge in [0.15, 0.2) is 0 Å². The molecule has 0 bridgehead atoms. The lowest BCUT2D eigenvalue weighted by molar-refractivity contribution is -0.0878. The highest BCUT2D eigenvalue weighted by atomic mass is 19.3. The molecule has 1 aliphatic heterocycles. The third kappa shape index (κ3) is 3.05. The Labute approximate surface area is 160 Å². The fraction of sp³-hybridized carbons (Fsp3) is 0.500. The molecule has 2 fully saturated rings. The van der Waals surface area contributed by atoms with Crippen molar-refractivity contribution in [3.63, 3.8) is 0 Å². The third-order valence-corrected chi connectivity index (χ3v) is 5.88. The number of ether oxygens (including phenoxy) is 1. The summed E-state index contributed by atoms with van der Waals surface area (Å²) >= 11 is 0. The zero-order chi connectivity index (χ0) is 19.3. The van der Waals surface area contributed by atoms with Gasteiger partial charge in [-0.2, -0.15) is 9.78 Å². The summed E-state index contributed by atoms with van der Waals surface area (Å²) in [5.41, 5.74) is 2.84. The van der Waals surface area contributed by atoms with Gasteiger partial charge in [-0.15, -0.1) is 0 Å². The molecule has 148 valence electrons. The van der Waals surface area contributed by atoms with Crippen molar-refractivity contribution >= 4 is 11.0 Å². The molecular formula is C20H22F2N4O2. The molecule has 0 radical (unpaired) electrons. The first-order valence-electron chi connectivity index (χ1n) is 9.71. The topological polar surface area (TPSA) is 76.0 Å². The highest BCUT2D eigenvalue weighted by molar-refractivity contribution is 5.76. The van der Waals surface area contributed by atoms with Crippen molar-refractivity contribution < 1.29 is 18.6 Å². The monoisotopic (exact) mass is 388 g/mol. The molecule has 0 unspecified atom stereocenters. The second kappa shape index (κ2) is 6.55. The molecule has 3 heterocycles. The van der Waals surface area contributed by atoms with Crippen LogP contribution in [0.1, 0.15) is 42.9 Å². The van der Waals surface area contributed by atoms with Gasteiger partial charge in [-0.3, -0.25) is 0 Å². The van der Waals surface area contributed by atoms with E-state index in [0.29, 0.717) is 42.8 Å². The predicted octanol–water partition coefficient (Wildman–Crippen LogP) is 3.94. The van der Waals surface area contributed by atoms with Crippen LogP contribution in [0.2, 0.25) is 0 Å². The average Bonchev–Trinajstić information content (AvgIpc) is 3.22. The van der Waals surface area contributed by atoms with Gasteiger partial charge in [0.25, 0.3) is 0 Å². The Kier molecular flexibility index (Phi) is 4.12. The highest BCUT2D eigenvalue weighted by Crippen LogP contribution is 2.50. The minimum Gasteiger partial charge on any atom is -0.493 e. The number of aromatic hydroxyl groups is 1. The summed E-state index contributed by atoms with van der Waals surface area (Å²) in [6, 6.07) is 7.54. The number of aromatic nitrogens is 4. The minimum absolute atomic E-state index is 0.00392. The Balaban J connectivity index is 1.54. The molecule has 5 rings (SSSR count). The van der Waals surface area contributed by atoms with E-state index in [1.54, 1.807) is 0 Å². The van der Waals surface area contributed by atoms with Crippen LogP contribution in [0.25, 0.3) is 17.0 Å². The molecule has 1 aliphatic carbocycles.